The zero-order valence-electron chi connectivity index (χ0n) is 12.0. The van der Waals surface area contributed by atoms with Gasteiger partial charge in [-0.1, -0.05) is 42.5 Å². The van der Waals surface area contributed by atoms with Crippen molar-refractivity contribution in [3.8, 4) is 0 Å². The first kappa shape index (κ1) is 14.8. The Balaban J connectivity index is 2.48. The molecule has 0 atom stereocenters. The number of carbonyl (C=O) groups excluding carboxylic acids is 2. The standard InChI is InChI=1S/C17H16O4/c1-20-16(18)11-14(17(19)21-2)10-13-8-5-7-12-6-3-4-9-15(12)13/h3-10H,11H2,1-2H3/b14-10-. The van der Waals surface area contributed by atoms with Gasteiger partial charge in [0, 0.05) is 5.57 Å². The third kappa shape index (κ3) is 3.48. The van der Waals surface area contributed by atoms with E-state index in [1.165, 1.54) is 14.2 Å². The topological polar surface area (TPSA) is 52.6 Å². The molecule has 0 bridgehead atoms. The highest BCUT2D eigenvalue weighted by Crippen LogP contribution is 2.22. The number of ether oxygens (including phenoxy) is 2. The minimum Gasteiger partial charge on any atom is -0.469 e. The Morgan fingerprint density at radius 3 is 2.43 bits per heavy atom. The van der Waals surface area contributed by atoms with Crippen molar-refractivity contribution >= 4 is 28.8 Å². The van der Waals surface area contributed by atoms with Crippen LogP contribution in [0.4, 0.5) is 0 Å². The van der Waals surface area contributed by atoms with E-state index in [0.29, 0.717) is 0 Å². The van der Waals surface area contributed by atoms with Crippen molar-refractivity contribution < 1.29 is 19.1 Å². The van der Waals surface area contributed by atoms with Crippen LogP contribution in [0.25, 0.3) is 16.8 Å². The molecular weight excluding hydrogens is 268 g/mol. The Morgan fingerprint density at radius 1 is 1.00 bits per heavy atom. The third-order valence-corrected chi connectivity index (χ3v) is 3.16. The maximum absolute atomic E-state index is 11.8. The second-order valence-electron chi connectivity index (χ2n) is 4.48. The van der Waals surface area contributed by atoms with Crippen LogP contribution in [0.5, 0.6) is 0 Å². The number of benzene rings is 2. The SMILES string of the molecule is COC(=O)C/C(=C/c1cccc2ccccc12)C(=O)OC. The molecule has 0 N–H and O–H groups in total. The second-order valence-corrected chi connectivity index (χ2v) is 4.48. The van der Waals surface area contributed by atoms with Crippen LogP contribution >= 0.6 is 0 Å². The van der Waals surface area contributed by atoms with E-state index in [4.69, 9.17) is 4.74 Å². The van der Waals surface area contributed by atoms with Gasteiger partial charge in [-0.15, -0.1) is 0 Å². The first-order valence-corrected chi connectivity index (χ1v) is 6.49. The summed E-state index contributed by atoms with van der Waals surface area (Å²) >= 11 is 0. The van der Waals surface area contributed by atoms with E-state index in [9.17, 15) is 9.59 Å². The first-order valence-electron chi connectivity index (χ1n) is 6.49. The highest BCUT2D eigenvalue weighted by molar-refractivity contribution is 6.01. The molecule has 4 heteroatoms. The molecular formula is C17H16O4. The van der Waals surface area contributed by atoms with Crippen LogP contribution in [-0.2, 0) is 19.1 Å². The van der Waals surface area contributed by atoms with Gasteiger partial charge in [-0.2, -0.15) is 0 Å². The monoisotopic (exact) mass is 284 g/mol. The molecule has 0 spiro atoms. The van der Waals surface area contributed by atoms with Crippen molar-refractivity contribution in [1.82, 2.24) is 0 Å². The average Bonchev–Trinajstić information content (AvgIpc) is 2.53. The Morgan fingerprint density at radius 2 is 1.71 bits per heavy atom. The number of rotatable bonds is 4. The molecule has 0 unspecified atom stereocenters. The molecule has 0 aromatic heterocycles. The van der Waals surface area contributed by atoms with Crippen LogP contribution in [-0.4, -0.2) is 26.2 Å². The summed E-state index contributed by atoms with van der Waals surface area (Å²) in [6.45, 7) is 0. The van der Waals surface area contributed by atoms with Crippen molar-refractivity contribution in [2.24, 2.45) is 0 Å². The van der Waals surface area contributed by atoms with Gasteiger partial charge in [0.2, 0.25) is 0 Å². The third-order valence-electron chi connectivity index (χ3n) is 3.16. The van der Waals surface area contributed by atoms with Crippen LogP contribution < -0.4 is 0 Å². The van der Waals surface area contributed by atoms with E-state index in [-0.39, 0.29) is 12.0 Å². The van der Waals surface area contributed by atoms with E-state index >= 15 is 0 Å². The summed E-state index contributed by atoms with van der Waals surface area (Å²) in [7, 11) is 2.58. The quantitative estimate of drug-likeness (QED) is 0.640. The van der Waals surface area contributed by atoms with Gasteiger partial charge in [-0.25, -0.2) is 4.79 Å². The van der Waals surface area contributed by atoms with Gasteiger partial charge in [-0.05, 0) is 22.4 Å². The van der Waals surface area contributed by atoms with E-state index in [1.54, 1.807) is 6.08 Å². The fourth-order valence-electron chi connectivity index (χ4n) is 2.10. The number of hydrogen-bond acceptors (Lipinski definition) is 4. The first-order chi connectivity index (χ1) is 10.2. The summed E-state index contributed by atoms with van der Waals surface area (Å²) in [5.74, 6) is -1.01. The summed E-state index contributed by atoms with van der Waals surface area (Å²) in [4.78, 5) is 23.2. The predicted molar refractivity (Wildman–Crippen MR) is 80.6 cm³/mol. The van der Waals surface area contributed by atoms with Gasteiger partial charge < -0.3 is 9.47 Å². The zero-order valence-corrected chi connectivity index (χ0v) is 12.0. The fraction of sp³-hybridized carbons (Fsp3) is 0.176. The van der Waals surface area contributed by atoms with E-state index in [2.05, 4.69) is 4.74 Å². The van der Waals surface area contributed by atoms with Gasteiger partial charge in [0.25, 0.3) is 0 Å². The van der Waals surface area contributed by atoms with Gasteiger partial charge in [0.15, 0.2) is 0 Å². The average molecular weight is 284 g/mol. The van der Waals surface area contributed by atoms with Crippen molar-refractivity contribution in [2.45, 2.75) is 6.42 Å². The number of fused-ring (bicyclic) bond motifs is 1. The smallest absolute Gasteiger partial charge is 0.334 e. The molecule has 4 nitrogen and oxygen atoms in total. The zero-order chi connectivity index (χ0) is 15.2. The van der Waals surface area contributed by atoms with Gasteiger partial charge in [0.05, 0.1) is 20.6 Å². The molecule has 0 aliphatic carbocycles. The molecule has 0 heterocycles. The summed E-state index contributed by atoms with van der Waals surface area (Å²) < 4.78 is 9.34. The van der Waals surface area contributed by atoms with E-state index in [0.717, 1.165) is 16.3 Å². The number of methoxy groups -OCH3 is 2. The molecule has 0 radical (unpaired) electrons. The summed E-state index contributed by atoms with van der Waals surface area (Å²) in [6.07, 6.45) is 1.55. The maximum Gasteiger partial charge on any atom is 0.334 e. The van der Waals surface area contributed by atoms with Crippen LogP contribution in [0, 0.1) is 0 Å². The minimum absolute atomic E-state index is 0.119. The van der Waals surface area contributed by atoms with Gasteiger partial charge in [0.1, 0.15) is 0 Å². The largest absolute Gasteiger partial charge is 0.469 e. The van der Waals surface area contributed by atoms with Crippen LogP contribution in [0.1, 0.15) is 12.0 Å². The maximum atomic E-state index is 11.8. The fourth-order valence-corrected chi connectivity index (χ4v) is 2.10. The Kier molecular flexibility index (Phi) is 4.72. The Labute approximate surface area is 123 Å². The normalized spacial score (nSPS) is 11.2. The van der Waals surface area contributed by atoms with Crippen molar-refractivity contribution in [3.05, 3.63) is 53.6 Å². The summed E-state index contributed by atoms with van der Waals surface area (Å²) in [5, 5.41) is 2.07. The van der Waals surface area contributed by atoms with Gasteiger partial charge >= 0.3 is 11.9 Å². The molecule has 0 saturated carbocycles. The van der Waals surface area contributed by atoms with Crippen LogP contribution in [0.15, 0.2) is 48.0 Å². The molecule has 0 saturated heterocycles. The lowest BCUT2D eigenvalue weighted by Crippen LogP contribution is -2.11. The lowest BCUT2D eigenvalue weighted by molar-refractivity contribution is -0.143. The molecule has 0 amide bonds. The number of hydrogen-bond donors (Lipinski definition) is 0. The van der Waals surface area contributed by atoms with Gasteiger partial charge in [-0.3, -0.25) is 4.79 Å². The Bertz CT molecular complexity index is 696. The highest BCUT2D eigenvalue weighted by atomic mass is 16.5. The number of esters is 2. The van der Waals surface area contributed by atoms with Crippen molar-refractivity contribution in [3.63, 3.8) is 0 Å². The van der Waals surface area contributed by atoms with Crippen LogP contribution in [0.3, 0.4) is 0 Å². The van der Waals surface area contributed by atoms with Crippen molar-refractivity contribution in [1.29, 1.82) is 0 Å². The molecule has 0 aliphatic rings. The highest BCUT2D eigenvalue weighted by Gasteiger charge is 2.15. The van der Waals surface area contributed by atoms with Crippen LogP contribution in [0.2, 0.25) is 0 Å². The lowest BCUT2D eigenvalue weighted by atomic mass is 10.0. The second kappa shape index (κ2) is 6.70. The minimum atomic E-state index is -0.534. The molecule has 0 aliphatic heterocycles. The molecule has 2 aromatic carbocycles. The number of carbonyl (C=O) groups is 2. The molecule has 0 fully saturated rings. The molecule has 2 aromatic rings. The molecule has 2 rings (SSSR count). The predicted octanol–water partition coefficient (Wildman–Crippen LogP) is 2.96. The van der Waals surface area contributed by atoms with E-state index < -0.39 is 11.9 Å². The molecule has 108 valence electrons. The van der Waals surface area contributed by atoms with E-state index in [1.807, 2.05) is 42.5 Å². The molecule has 21 heavy (non-hydrogen) atoms. The Hall–Kier alpha value is -2.62. The summed E-state index contributed by atoms with van der Waals surface area (Å²) in [5.41, 5.74) is 1.12. The lowest BCUT2D eigenvalue weighted by Gasteiger charge is -2.07. The van der Waals surface area contributed by atoms with Crippen molar-refractivity contribution in [2.75, 3.05) is 14.2 Å². The summed E-state index contributed by atoms with van der Waals surface area (Å²) in [6, 6.07) is 13.6.